The van der Waals surface area contributed by atoms with E-state index in [4.69, 9.17) is 40.7 Å². The summed E-state index contributed by atoms with van der Waals surface area (Å²) in [6, 6.07) is 24.9. The number of hydrogen-bond donors (Lipinski definition) is 2. The fourth-order valence-electron chi connectivity index (χ4n) is 4.49. The largest absolute Gasteiger partial charge is 0.358 e. The summed E-state index contributed by atoms with van der Waals surface area (Å²) in [6.45, 7) is 4.08. The molecule has 0 aliphatic heterocycles. The van der Waals surface area contributed by atoms with Gasteiger partial charge in [-0.05, 0) is 53.5 Å². The minimum absolute atomic E-state index is 0.104. The molecule has 0 unspecified atom stereocenters. The van der Waals surface area contributed by atoms with Crippen molar-refractivity contribution < 1.29 is 4.79 Å². The number of carbonyl (C=O) groups is 1. The molecule has 2 N–H and O–H groups in total. The van der Waals surface area contributed by atoms with Crippen molar-refractivity contribution in [2.24, 2.45) is 0 Å². The molecule has 0 bridgehead atoms. The Kier molecular flexibility index (Phi) is 11.4. The van der Waals surface area contributed by atoms with Gasteiger partial charge in [0.1, 0.15) is 0 Å². The minimum atomic E-state index is -0.165. The van der Waals surface area contributed by atoms with E-state index in [-0.39, 0.29) is 18.4 Å². The summed E-state index contributed by atoms with van der Waals surface area (Å²) in [7, 11) is 0. The number of nitrogens with one attached hydrogen (secondary N) is 2. The van der Waals surface area contributed by atoms with Gasteiger partial charge in [-0.3, -0.25) is 4.79 Å². The molecule has 42 heavy (non-hydrogen) atoms. The van der Waals surface area contributed by atoms with Crippen LogP contribution in [0.1, 0.15) is 41.3 Å². The first-order chi connectivity index (χ1) is 20.4. The molecule has 0 fully saturated rings. The van der Waals surface area contributed by atoms with Crippen LogP contribution < -0.4 is 10.6 Å². The van der Waals surface area contributed by atoms with E-state index in [0.717, 1.165) is 22.4 Å². The fraction of sp³-hybridized carbons (Fsp3) is 0.250. The van der Waals surface area contributed by atoms with Crippen LogP contribution in [0, 0.1) is 11.3 Å². The van der Waals surface area contributed by atoms with Gasteiger partial charge in [-0.2, -0.15) is 5.26 Å². The number of amides is 1. The summed E-state index contributed by atoms with van der Waals surface area (Å²) < 4.78 is 1.94. The van der Waals surface area contributed by atoms with Gasteiger partial charge < -0.3 is 20.1 Å². The fourth-order valence-corrected chi connectivity index (χ4v) is 5.08. The third-order valence-electron chi connectivity index (χ3n) is 6.84. The lowest BCUT2D eigenvalue weighted by molar-refractivity contribution is -0.121. The van der Waals surface area contributed by atoms with Gasteiger partial charge in [-0.25, -0.2) is 4.98 Å². The highest BCUT2D eigenvalue weighted by atomic mass is 35.5. The summed E-state index contributed by atoms with van der Waals surface area (Å²) >= 11 is 18.6. The Morgan fingerprint density at radius 2 is 1.83 bits per heavy atom. The van der Waals surface area contributed by atoms with Crippen molar-refractivity contribution in [1.29, 1.82) is 5.26 Å². The number of rotatable bonds is 12. The maximum absolute atomic E-state index is 13.2. The van der Waals surface area contributed by atoms with Gasteiger partial charge in [0.05, 0.1) is 34.4 Å². The number of carbonyl (C=O) groups excluding carboxylic acids is 1. The van der Waals surface area contributed by atoms with E-state index in [9.17, 15) is 4.79 Å². The van der Waals surface area contributed by atoms with E-state index in [1.54, 1.807) is 30.7 Å². The maximum Gasteiger partial charge on any atom is 0.226 e. The zero-order valence-corrected chi connectivity index (χ0v) is 25.6. The van der Waals surface area contributed by atoms with Crippen molar-refractivity contribution in [2.75, 3.05) is 6.54 Å². The van der Waals surface area contributed by atoms with Crippen LogP contribution in [-0.4, -0.2) is 38.1 Å². The Balaban J connectivity index is 1.42. The highest BCUT2D eigenvalue weighted by Gasteiger charge is 2.20. The van der Waals surface area contributed by atoms with Crippen molar-refractivity contribution >= 4 is 46.4 Å². The second kappa shape index (κ2) is 15.4. The smallest absolute Gasteiger partial charge is 0.226 e. The number of nitrogens with zero attached hydrogens (tertiary/aromatic N) is 4. The third-order valence-corrected chi connectivity index (χ3v) is 8.10. The van der Waals surface area contributed by atoms with Crippen molar-refractivity contribution in [1.82, 2.24) is 25.1 Å². The van der Waals surface area contributed by atoms with Crippen LogP contribution in [0.2, 0.25) is 10.0 Å². The van der Waals surface area contributed by atoms with Crippen LogP contribution in [0.3, 0.4) is 0 Å². The van der Waals surface area contributed by atoms with Crippen LogP contribution in [0.25, 0.3) is 0 Å². The molecule has 0 aliphatic carbocycles. The number of aromatic nitrogens is 2. The zero-order valence-electron chi connectivity index (χ0n) is 23.3. The highest BCUT2D eigenvalue weighted by molar-refractivity contribution is 7.80. The topological polar surface area (TPSA) is 86.0 Å². The lowest BCUT2D eigenvalue weighted by Gasteiger charge is -2.30. The van der Waals surface area contributed by atoms with E-state index in [2.05, 4.69) is 21.7 Å². The molecule has 1 amide bonds. The standard InChI is InChI=1S/C32H32Cl2N6OS/c1-2-27(38-30(41)15-28-18-36-22-40(28)19-25-13-11-23(16-35)12-14-25)21-39(20-26-9-6-10-29(33)31(26)34)32(42)37-17-24-7-4-3-5-8-24/h3-14,18,22,27H,2,15,17,19-21H2,1H3,(H,37,42)(H,38,41)/t27-/m0/s1. The molecule has 10 heteroatoms. The van der Waals surface area contributed by atoms with Gasteiger partial charge in [0.25, 0.3) is 0 Å². The lowest BCUT2D eigenvalue weighted by Crippen LogP contribution is -2.48. The van der Waals surface area contributed by atoms with Crippen LogP contribution in [-0.2, 0) is 30.8 Å². The Bertz CT molecular complexity index is 1530. The second-order valence-corrected chi connectivity index (χ2v) is 11.1. The molecule has 4 rings (SSSR count). The molecule has 1 atom stereocenters. The number of benzene rings is 3. The molecule has 0 radical (unpaired) electrons. The summed E-state index contributed by atoms with van der Waals surface area (Å²) in [5.41, 5.74) is 4.39. The first-order valence-electron chi connectivity index (χ1n) is 13.6. The highest BCUT2D eigenvalue weighted by Crippen LogP contribution is 2.26. The predicted octanol–water partition coefficient (Wildman–Crippen LogP) is 6.12. The molecule has 0 saturated carbocycles. The molecule has 0 spiro atoms. The Morgan fingerprint density at radius 3 is 2.55 bits per heavy atom. The third kappa shape index (κ3) is 8.80. The Morgan fingerprint density at radius 1 is 1.07 bits per heavy atom. The number of halogens is 2. The van der Waals surface area contributed by atoms with Gasteiger partial charge in [0.2, 0.25) is 5.91 Å². The molecule has 4 aromatic rings. The molecule has 1 aromatic heterocycles. The molecule has 216 valence electrons. The molecular weight excluding hydrogens is 587 g/mol. The zero-order chi connectivity index (χ0) is 29.9. The van der Waals surface area contributed by atoms with E-state index in [1.807, 2.05) is 71.0 Å². The first-order valence-corrected chi connectivity index (χ1v) is 14.8. The molecule has 0 saturated heterocycles. The van der Waals surface area contributed by atoms with Crippen molar-refractivity contribution in [3.8, 4) is 6.07 Å². The van der Waals surface area contributed by atoms with Crippen molar-refractivity contribution in [2.45, 2.75) is 45.4 Å². The number of nitriles is 1. The summed E-state index contributed by atoms with van der Waals surface area (Å²) in [5, 5.41) is 17.1. The predicted molar refractivity (Wildman–Crippen MR) is 171 cm³/mol. The molecule has 1 heterocycles. The molecule has 0 aliphatic rings. The average Bonchev–Trinajstić information content (AvgIpc) is 3.43. The first kappa shape index (κ1) is 31.0. The van der Waals surface area contributed by atoms with Crippen LogP contribution in [0.5, 0.6) is 0 Å². The SMILES string of the molecule is CC[C@@H](CN(Cc1cccc(Cl)c1Cl)C(=S)NCc1ccccc1)NC(=O)Cc1cncn1Cc1ccc(C#N)cc1. The van der Waals surface area contributed by atoms with Crippen molar-refractivity contribution in [3.05, 3.63) is 123 Å². The maximum atomic E-state index is 13.2. The Labute approximate surface area is 262 Å². The van der Waals surface area contributed by atoms with Crippen LogP contribution >= 0.6 is 35.4 Å². The number of imidazole rings is 1. The lowest BCUT2D eigenvalue weighted by atomic mass is 10.1. The summed E-state index contributed by atoms with van der Waals surface area (Å²) in [6.07, 6.45) is 4.31. The van der Waals surface area contributed by atoms with E-state index in [0.29, 0.717) is 53.3 Å². The van der Waals surface area contributed by atoms with Crippen molar-refractivity contribution in [3.63, 3.8) is 0 Å². The van der Waals surface area contributed by atoms with Gasteiger partial charge in [-0.15, -0.1) is 0 Å². The Hall–Kier alpha value is -3.90. The van der Waals surface area contributed by atoms with E-state index in [1.165, 1.54) is 0 Å². The van der Waals surface area contributed by atoms with Crippen LogP contribution in [0.4, 0.5) is 0 Å². The number of hydrogen-bond acceptors (Lipinski definition) is 4. The second-order valence-electron chi connectivity index (χ2n) is 9.91. The summed E-state index contributed by atoms with van der Waals surface area (Å²) in [5.74, 6) is -0.104. The quantitative estimate of drug-likeness (QED) is 0.186. The average molecular weight is 620 g/mol. The number of thiocarbonyl (C=S) groups is 1. The van der Waals surface area contributed by atoms with Gasteiger partial charge in [0.15, 0.2) is 5.11 Å². The van der Waals surface area contributed by atoms with E-state index >= 15 is 0 Å². The monoisotopic (exact) mass is 618 g/mol. The minimum Gasteiger partial charge on any atom is -0.358 e. The molecular formula is C32H32Cl2N6OS. The van der Waals surface area contributed by atoms with Gasteiger partial charge >= 0.3 is 0 Å². The molecule has 3 aromatic carbocycles. The normalized spacial score (nSPS) is 11.4. The summed E-state index contributed by atoms with van der Waals surface area (Å²) in [4.78, 5) is 19.5. The molecule has 7 nitrogen and oxygen atoms in total. The van der Waals surface area contributed by atoms with E-state index < -0.39 is 0 Å². The van der Waals surface area contributed by atoms with Crippen LogP contribution in [0.15, 0.2) is 85.3 Å². The van der Waals surface area contributed by atoms with Gasteiger partial charge in [0, 0.05) is 44.1 Å². The van der Waals surface area contributed by atoms with Gasteiger partial charge in [-0.1, -0.05) is 84.7 Å².